The van der Waals surface area contributed by atoms with Gasteiger partial charge in [0.05, 0.1) is 61.9 Å². The van der Waals surface area contributed by atoms with Crippen LogP contribution in [0.1, 0.15) is 545 Å². The molecule has 0 aliphatic carbocycles. The van der Waals surface area contributed by atoms with Crippen LogP contribution >= 0.6 is 0 Å². The van der Waals surface area contributed by atoms with Crippen molar-refractivity contribution in [3.63, 3.8) is 0 Å². The summed E-state index contributed by atoms with van der Waals surface area (Å²) >= 11 is 0. The molecule has 2 aromatic carbocycles. The Morgan fingerprint density at radius 3 is 0.439 bits per heavy atom. The van der Waals surface area contributed by atoms with Crippen molar-refractivity contribution in [1.82, 2.24) is 0 Å². The summed E-state index contributed by atoms with van der Waals surface area (Å²) in [5, 5.41) is 0. The highest BCUT2D eigenvalue weighted by molar-refractivity contribution is 6.03. The molecular weight excluding hydrogens is 1420 g/mol. The molecule has 0 heterocycles. The summed E-state index contributed by atoms with van der Waals surface area (Å²) in [6.45, 7) is 16.2. The van der Waals surface area contributed by atoms with E-state index in [0.717, 1.165) is 103 Å². The number of rotatable bonds is 83. The molecule has 0 bridgehead atoms. The van der Waals surface area contributed by atoms with Gasteiger partial charge in [-0.25, -0.2) is 19.2 Å². The highest BCUT2D eigenvalue weighted by atomic mass is 16.6. The van der Waals surface area contributed by atoms with Crippen LogP contribution in [0.2, 0.25) is 0 Å². The second kappa shape index (κ2) is 90.6. The topological polar surface area (TPSA) is 158 Å². The van der Waals surface area contributed by atoms with Crippen LogP contribution in [-0.2, 0) is 38.0 Å². The van der Waals surface area contributed by atoms with Gasteiger partial charge in [0, 0.05) is 12.8 Å². The fourth-order valence-corrected chi connectivity index (χ4v) is 14.7. The Bertz CT molecular complexity index is 2240. The molecular formula is C102H182O12. The van der Waals surface area contributed by atoms with Crippen LogP contribution in [0, 0.1) is 0 Å². The lowest BCUT2D eigenvalue weighted by Crippen LogP contribution is -2.15. The van der Waals surface area contributed by atoms with Crippen molar-refractivity contribution in [3.8, 4) is 0 Å². The number of hydrogen-bond acceptors (Lipinski definition) is 12. The maximum Gasteiger partial charge on any atom is 0.339 e. The first kappa shape index (κ1) is 109. The van der Waals surface area contributed by atoms with Crippen LogP contribution < -0.4 is 0 Å². The summed E-state index contributed by atoms with van der Waals surface area (Å²) in [5.74, 6) is -1.82. The first-order valence-corrected chi connectivity index (χ1v) is 49.3. The molecule has 0 unspecified atom stereocenters. The second-order valence-corrected chi connectivity index (χ2v) is 33.2. The first-order chi connectivity index (χ1) is 56.1. The van der Waals surface area contributed by atoms with E-state index in [9.17, 15) is 28.8 Å². The van der Waals surface area contributed by atoms with Crippen molar-refractivity contribution >= 4 is 35.8 Å². The monoisotopic (exact) mass is 1600 g/mol. The van der Waals surface area contributed by atoms with Crippen LogP contribution in [0.5, 0.6) is 0 Å². The fourth-order valence-electron chi connectivity index (χ4n) is 14.7. The van der Waals surface area contributed by atoms with E-state index < -0.39 is 23.9 Å². The SMILES string of the molecule is CCCCCCCCCCCCCCCCCCCCOC(=O)CCCCCCCCC(=O)OCCCCCCCCCCCCCCCCCCCC.CCCCCCCCCCOC(=O)c1ccccc1C(=O)OCCCCCCCCCC.CCCCCCCCOC(=O)c1ccccc1C(=O)OCCCCCCCC. The third-order valence-electron chi connectivity index (χ3n) is 22.2. The largest absolute Gasteiger partial charge is 0.466 e. The molecule has 0 amide bonds. The van der Waals surface area contributed by atoms with Gasteiger partial charge in [-0.05, 0) is 75.6 Å². The highest BCUT2D eigenvalue weighted by Crippen LogP contribution is 2.21. The minimum atomic E-state index is -0.444. The van der Waals surface area contributed by atoms with E-state index in [1.165, 1.54) is 347 Å². The van der Waals surface area contributed by atoms with Gasteiger partial charge >= 0.3 is 35.8 Å². The summed E-state index contributed by atoms with van der Waals surface area (Å²) in [4.78, 5) is 73.7. The van der Waals surface area contributed by atoms with E-state index in [2.05, 4.69) is 41.5 Å². The van der Waals surface area contributed by atoms with Gasteiger partial charge in [-0.1, -0.05) is 464 Å². The second-order valence-electron chi connectivity index (χ2n) is 33.2. The summed E-state index contributed by atoms with van der Waals surface area (Å²) in [6, 6.07) is 13.5. The number of ether oxygens (including phenoxy) is 6. The predicted molar refractivity (Wildman–Crippen MR) is 482 cm³/mol. The molecule has 0 atom stereocenters. The molecule has 0 aliphatic rings. The summed E-state index contributed by atoms with van der Waals surface area (Å²) in [7, 11) is 0. The zero-order chi connectivity index (χ0) is 82.8. The van der Waals surface area contributed by atoms with Gasteiger partial charge in [0.1, 0.15) is 0 Å². The van der Waals surface area contributed by atoms with Gasteiger partial charge in [0.25, 0.3) is 0 Å². The molecule has 2 aromatic rings. The van der Waals surface area contributed by atoms with Gasteiger partial charge in [-0.3, -0.25) is 9.59 Å². The molecule has 12 heteroatoms. The zero-order valence-electron chi connectivity index (χ0n) is 75.7. The van der Waals surface area contributed by atoms with Crippen molar-refractivity contribution in [2.75, 3.05) is 39.6 Å². The average molecular weight is 1600 g/mol. The van der Waals surface area contributed by atoms with E-state index in [1.54, 1.807) is 48.5 Å². The Hall–Kier alpha value is -4.74. The van der Waals surface area contributed by atoms with E-state index >= 15 is 0 Å². The maximum absolute atomic E-state index is 12.5. The molecule has 662 valence electrons. The Morgan fingerprint density at radius 2 is 0.289 bits per heavy atom. The van der Waals surface area contributed by atoms with Crippen LogP contribution in [0.3, 0.4) is 0 Å². The Labute approximate surface area is 703 Å². The van der Waals surface area contributed by atoms with E-state index in [4.69, 9.17) is 28.4 Å². The van der Waals surface area contributed by atoms with E-state index in [1.807, 2.05) is 0 Å². The number of carbonyl (C=O) groups excluding carboxylic acids is 6. The van der Waals surface area contributed by atoms with Crippen molar-refractivity contribution in [1.29, 1.82) is 0 Å². The number of benzene rings is 2. The molecule has 12 nitrogen and oxygen atoms in total. The van der Waals surface area contributed by atoms with Crippen LogP contribution in [0.25, 0.3) is 0 Å². The van der Waals surface area contributed by atoms with Crippen LogP contribution in [-0.4, -0.2) is 75.5 Å². The summed E-state index contributed by atoms with van der Waals surface area (Å²) in [5.41, 5.74) is 1.18. The lowest BCUT2D eigenvalue weighted by Gasteiger charge is -2.10. The average Bonchev–Trinajstić information content (AvgIpc) is 0.852. The third-order valence-corrected chi connectivity index (χ3v) is 22.2. The van der Waals surface area contributed by atoms with Gasteiger partial charge in [0.2, 0.25) is 0 Å². The standard InChI is InChI=1S/C50H98O4.C28H46O4.C24H38O4/c1-3-5-7-9-11-13-15-17-19-21-23-25-27-29-31-35-39-43-47-53-49(51)45-41-37-33-34-38-42-46-50(52)54-48-44-40-36-32-30-28-26-24-22-20-18-16-14-12-10-8-6-4-2;1-3-5-7-9-11-13-15-19-23-31-27(29)25-21-17-18-22-26(25)28(30)32-24-20-16-14-12-10-8-6-4-2;1-3-5-7-9-11-15-19-27-23(25)21-17-13-14-18-22(21)24(26)28-20-16-12-10-8-6-4-2/h3-48H2,1-2H3;17-18,21-22H,3-16,19-20,23-24H2,1-2H3;13-14,17-18H,3-12,15-16,19-20H2,1-2H3. The normalized spacial score (nSPS) is 11.0. The van der Waals surface area contributed by atoms with Crippen molar-refractivity contribution in [3.05, 3.63) is 70.8 Å². The quantitative estimate of drug-likeness (QED) is 0.0351. The molecule has 0 aromatic heterocycles. The molecule has 0 radical (unpaired) electrons. The Morgan fingerprint density at radius 1 is 0.167 bits per heavy atom. The Balaban J connectivity index is 0.00000181. The number of carbonyl (C=O) groups is 6. The maximum atomic E-state index is 12.5. The van der Waals surface area contributed by atoms with Crippen molar-refractivity contribution < 1.29 is 57.2 Å². The minimum absolute atomic E-state index is 0.0282. The Kier molecular flexibility index (Phi) is 86.8. The molecule has 0 N–H and O–H groups in total. The number of esters is 6. The van der Waals surface area contributed by atoms with Gasteiger partial charge in [0.15, 0.2) is 0 Å². The third kappa shape index (κ3) is 76.0. The fraction of sp³-hybridized carbons (Fsp3) is 0.824. The van der Waals surface area contributed by atoms with Gasteiger partial charge < -0.3 is 28.4 Å². The highest BCUT2D eigenvalue weighted by Gasteiger charge is 2.21. The van der Waals surface area contributed by atoms with Crippen LogP contribution in [0.4, 0.5) is 0 Å². The molecule has 0 aliphatic heterocycles. The minimum Gasteiger partial charge on any atom is -0.466 e. The summed E-state index contributed by atoms with van der Waals surface area (Å²) in [6.07, 6.45) is 89.4. The van der Waals surface area contributed by atoms with E-state index in [-0.39, 0.29) is 11.9 Å². The molecule has 0 saturated heterocycles. The molecule has 114 heavy (non-hydrogen) atoms. The lowest BCUT2D eigenvalue weighted by molar-refractivity contribution is -0.144. The smallest absolute Gasteiger partial charge is 0.339 e. The van der Waals surface area contributed by atoms with E-state index in [0.29, 0.717) is 74.7 Å². The summed E-state index contributed by atoms with van der Waals surface area (Å²) < 4.78 is 32.5. The number of unbranched alkanes of at least 4 members (excludes halogenated alkanes) is 63. The number of hydrogen-bond donors (Lipinski definition) is 0. The van der Waals surface area contributed by atoms with Gasteiger partial charge in [-0.15, -0.1) is 0 Å². The zero-order valence-corrected chi connectivity index (χ0v) is 75.7. The molecule has 0 fully saturated rings. The van der Waals surface area contributed by atoms with Gasteiger partial charge in [-0.2, -0.15) is 0 Å². The molecule has 0 saturated carbocycles. The van der Waals surface area contributed by atoms with Crippen molar-refractivity contribution in [2.45, 2.75) is 504 Å². The first-order valence-electron chi connectivity index (χ1n) is 49.3. The lowest BCUT2D eigenvalue weighted by atomic mass is 10.0. The van der Waals surface area contributed by atoms with Crippen molar-refractivity contribution in [2.24, 2.45) is 0 Å². The molecule has 0 spiro atoms. The molecule has 2 rings (SSSR count). The predicted octanol–water partition coefficient (Wildman–Crippen LogP) is 32.3. The van der Waals surface area contributed by atoms with Crippen LogP contribution in [0.15, 0.2) is 48.5 Å².